The minimum atomic E-state index is -0.292. The van der Waals surface area contributed by atoms with E-state index in [-0.39, 0.29) is 11.9 Å². The number of amides is 1. The van der Waals surface area contributed by atoms with Gasteiger partial charge in [-0.2, -0.15) is 5.26 Å². The molecule has 1 aliphatic heterocycles. The maximum atomic E-state index is 12.7. The minimum Gasteiger partial charge on any atom is -0.371 e. The van der Waals surface area contributed by atoms with Gasteiger partial charge in [0, 0.05) is 31.0 Å². The molecule has 1 heterocycles. The summed E-state index contributed by atoms with van der Waals surface area (Å²) in [6, 6.07) is 17.3. The lowest BCUT2D eigenvalue weighted by molar-refractivity contribution is -0.120. The number of hydrogen-bond donors (Lipinski definition) is 1. The van der Waals surface area contributed by atoms with Gasteiger partial charge in [-0.05, 0) is 63.1 Å². The van der Waals surface area contributed by atoms with E-state index in [0.29, 0.717) is 17.8 Å². The number of para-hydroxylation sites is 1. The van der Waals surface area contributed by atoms with Crippen LogP contribution in [-0.2, 0) is 11.3 Å². The summed E-state index contributed by atoms with van der Waals surface area (Å²) in [5.41, 5.74) is 3.72. The zero-order valence-corrected chi connectivity index (χ0v) is 16.7. The van der Waals surface area contributed by atoms with Crippen LogP contribution in [-0.4, -0.2) is 37.0 Å². The first-order chi connectivity index (χ1) is 13.6. The minimum absolute atomic E-state index is 0.0759. The Hall–Kier alpha value is -2.84. The maximum Gasteiger partial charge on any atom is 0.241 e. The lowest BCUT2D eigenvalue weighted by Gasteiger charge is -2.32. The second-order valence-corrected chi connectivity index (χ2v) is 7.45. The van der Waals surface area contributed by atoms with Crippen molar-refractivity contribution in [2.24, 2.45) is 0 Å². The fraction of sp³-hybridized carbons (Fsp3) is 0.391. The van der Waals surface area contributed by atoms with Crippen molar-refractivity contribution in [3.8, 4) is 6.07 Å². The van der Waals surface area contributed by atoms with E-state index < -0.39 is 0 Å². The van der Waals surface area contributed by atoms with Crippen LogP contribution in [0.3, 0.4) is 0 Å². The smallest absolute Gasteiger partial charge is 0.241 e. The second kappa shape index (κ2) is 9.38. The van der Waals surface area contributed by atoms with Crippen LogP contribution in [0.2, 0.25) is 0 Å². The average molecular weight is 377 g/mol. The van der Waals surface area contributed by atoms with Crippen molar-refractivity contribution < 1.29 is 4.79 Å². The van der Waals surface area contributed by atoms with Crippen LogP contribution in [0.4, 0.5) is 11.4 Å². The number of anilines is 2. The molecule has 1 atom stereocenters. The molecular weight excluding hydrogens is 348 g/mol. The highest BCUT2D eigenvalue weighted by Crippen LogP contribution is 2.25. The lowest BCUT2D eigenvalue weighted by Crippen LogP contribution is -2.39. The highest BCUT2D eigenvalue weighted by atomic mass is 16.2. The second-order valence-electron chi connectivity index (χ2n) is 7.45. The zero-order valence-electron chi connectivity index (χ0n) is 16.7. The van der Waals surface area contributed by atoms with Gasteiger partial charge in [-0.15, -0.1) is 0 Å². The Morgan fingerprint density at radius 1 is 1.18 bits per heavy atom. The van der Waals surface area contributed by atoms with Gasteiger partial charge in [0.2, 0.25) is 5.91 Å². The normalized spacial score (nSPS) is 15.1. The summed E-state index contributed by atoms with van der Waals surface area (Å²) in [7, 11) is 1.98. The summed E-state index contributed by atoms with van der Waals surface area (Å²) in [6.45, 7) is 4.82. The number of rotatable bonds is 6. The van der Waals surface area contributed by atoms with E-state index in [2.05, 4.69) is 45.5 Å². The summed E-state index contributed by atoms with van der Waals surface area (Å²) >= 11 is 0. The fourth-order valence-electron chi connectivity index (χ4n) is 3.61. The van der Waals surface area contributed by atoms with E-state index in [1.54, 1.807) is 24.3 Å². The van der Waals surface area contributed by atoms with Crippen LogP contribution < -0.4 is 10.2 Å². The van der Waals surface area contributed by atoms with Gasteiger partial charge in [-0.3, -0.25) is 9.69 Å². The number of nitrogens with one attached hydrogen (secondary N) is 1. The molecule has 0 spiro atoms. The Morgan fingerprint density at radius 2 is 1.93 bits per heavy atom. The van der Waals surface area contributed by atoms with Crippen LogP contribution in [0.1, 0.15) is 37.3 Å². The van der Waals surface area contributed by atoms with Crippen LogP contribution in [0, 0.1) is 11.3 Å². The number of likely N-dealkylation sites (N-methyl/N-ethyl adjacent to an activating group) is 1. The first-order valence-electron chi connectivity index (χ1n) is 9.92. The third-order valence-electron chi connectivity index (χ3n) is 5.41. The molecular formula is C23H28N4O. The van der Waals surface area contributed by atoms with Gasteiger partial charge in [0.1, 0.15) is 0 Å². The molecule has 1 fully saturated rings. The Kier molecular flexibility index (Phi) is 6.67. The van der Waals surface area contributed by atoms with Gasteiger partial charge in [-0.1, -0.05) is 24.3 Å². The SMILES string of the molecule is CC(C(=O)Nc1cccc(C#N)c1)N(C)Cc1ccccc1N1CCCCC1. The van der Waals surface area contributed by atoms with Crippen molar-refractivity contribution in [1.29, 1.82) is 5.26 Å². The van der Waals surface area contributed by atoms with Gasteiger partial charge in [0.25, 0.3) is 0 Å². The van der Waals surface area contributed by atoms with Crippen molar-refractivity contribution in [2.75, 3.05) is 30.4 Å². The predicted octanol–water partition coefficient (Wildman–Crippen LogP) is 4.01. The first kappa shape index (κ1) is 19.9. The third kappa shape index (κ3) is 4.90. The molecule has 146 valence electrons. The summed E-state index contributed by atoms with van der Waals surface area (Å²) in [5, 5.41) is 11.9. The van der Waals surface area contributed by atoms with E-state index in [9.17, 15) is 4.79 Å². The molecule has 1 aliphatic rings. The number of hydrogen-bond acceptors (Lipinski definition) is 4. The van der Waals surface area contributed by atoms with Crippen LogP contribution >= 0.6 is 0 Å². The number of carbonyl (C=O) groups excluding carboxylic acids is 1. The summed E-state index contributed by atoms with van der Waals surface area (Å²) < 4.78 is 0. The van der Waals surface area contributed by atoms with E-state index in [4.69, 9.17) is 5.26 Å². The standard InChI is InChI=1S/C23H28N4O/c1-18(23(28)25-21-11-8-9-19(15-21)16-24)26(2)17-20-10-4-5-12-22(20)27-13-6-3-7-14-27/h4-5,8-12,15,18H,3,6-7,13-14,17H2,1-2H3,(H,25,28). The van der Waals surface area contributed by atoms with E-state index in [1.807, 2.05) is 14.0 Å². The molecule has 3 rings (SSSR count). The van der Waals surface area contributed by atoms with Gasteiger partial charge in [0.15, 0.2) is 0 Å². The molecule has 1 N–H and O–H groups in total. The van der Waals surface area contributed by atoms with Gasteiger partial charge >= 0.3 is 0 Å². The molecule has 5 heteroatoms. The molecule has 1 amide bonds. The topological polar surface area (TPSA) is 59.4 Å². The Morgan fingerprint density at radius 3 is 2.68 bits per heavy atom. The molecule has 28 heavy (non-hydrogen) atoms. The van der Waals surface area contributed by atoms with E-state index >= 15 is 0 Å². The van der Waals surface area contributed by atoms with Crippen LogP contribution in [0.5, 0.6) is 0 Å². The molecule has 2 aromatic carbocycles. The van der Waals surface area contributed by atoms with Gasteiger partial charge in [0.05, 0.1) is 17.7 Å². The maximum absolute atomic E-state index is 12.7. The number of nitrogens with zero attached hydrogens (tertiary/aromatic N) is 3. The summed E-state index contributed by atoms with van der Waals surface area (Å²) in [6.07, 6.45) is 3.79. The number of piperidine rings is 1. The Labute approximate surface area is 167 Å². The molecule has 2 aromatic rings. The Balaban J connectivity index is 1.66. The highest BCUT2D eigenvalue weighted by molar-refractivity contribution is 5.94. The number of nitriles is 1. The van der Waals surface area contributed by atoms with Crippen molar-refractivity contribution in [3.63, 3.8) is 0 Å². The van der Waals surface area contributed by atoms with Crippen LogP contribution in [0.25, 0.3) is 0 Å². The first-order valence-corrected chi connectivity index (χ1v) is 9.92. The largest absolute Gasteiger partial charge is 0.371 e. The zero-order chi connectivity index (χ0) is 19.9. The third-order valence-corrected chi connectivity index (χ3v) is 5.41. The summed E-state index contributed by atoms with van der Waals surface area (Å²) in [4.78, 5) is 17.2. The number of benzene rings is 2. The highest BCUT2D eigenvalue weighted by Gasteiger charge is 2.21. The molecule has 0 saturated carbocycles. The lowest BCUT2D eigenvalue weighted by atomic mass is 10.1. The molecule has 0 aliphatic carbocycles. The molecule has 0 aromatic heterocycles. The monoisotopic (exact) mass is 376 g/mol. The number of carbonyl (C=O) groups is 1. The average Bonchev–Trinajstić information content (AvgIpc) is 2.74. The van der Waals surface area contributed by atoms with Crippen molar-refractivity contribution in [3.05, 3.63) is 59.7 Å². The van der Waals surface area contributed by atoms with Gasteiger partial charge in [-0.25, -0.2) is 0 Å². The van der Waals surface area contributed by atoms with Crippen molar-refractivity contribution in [2.45, 2.75) is 38.8 Å². The van der Waals surface area contributed by atoms with Crippen molar-refractivity contribution in [1.82, 2.24) is 4.90 Å². The van der Waals surface area contributed by atoms with Crippen molar-refractivity contribution >= 4 is 17.3 Å². The van der Waals surface area contributed by atoms with Crippen LogP contribution in [0.15, 0.2) is 48.5 Å². The van der Waals surface area contributed by atoms with Gasteiger partial charge < -0.3 is 10.2 Å². The molecule has 5 nitrogen and oxygen atoms in total. The molecule has 0 radical (unpaired) electrons. The summed E-state index contributed by atoms with van der Waals surface area (Å²) in [5.74, 6) is -0.0759. The quantitative estimate of drug-likeness (QED) is 0.828. The molecule has 1 saturated heterocycles. The Bertz CT molecular complexity index is 852. The van der Waals surface area contributed by atoms with E-state index in [1.165, 1.54) is 30.5 Å². The predicted molar refractivity (Wildman–Crippen MR) is 113 cm³/mol. The van der Waals surface area contributed by atoms with E-state index in [0.717, 1.165) is 13.1 Å². The molecule has 0 bridgehead atoms. The molecule has 1 unspecified atom stereocenters. The fourth-order valence-corrected chi connectivity index (χ4v) is 3.61.